The van der Waals surface area contributed by atoms with Crippen molar-refractivity contribution in [3.63, 3.8) is 0 Å². The predicted molar refractivity (Wildman–Crippen MR) is 73.8 cm³/mol. The van der Waals surface area contributed by atoms with E-state index >= 15 is 0 Å². The van der Waals surface area contributed by atoms with Crippen LogP contribution >= 0.6 is 0 Å². The Morgan fingerprint density at radius 3 is 2.53 bits per heavy atom. The van der Waals surface area contributed by atoms with Crippen LogP contribution in [0.5, 0.6) is 0 Å². The fourth-order valence-electron chi connectivity index (χ4n) is 1.47. The summed E-state index contributed by atoms with van der Waals surface area (Å²) in [6.07, 6.45) is 1.55. The molecule has 0 fully saturated rings. The lowest BCUT2D eigenvalue weighted by atomic mass is 10.1. The van der Waals surface area contributed by atoms with Gasteiger partial charge in [-0.2, -0.15) is 0 Å². The third kappa shape index (κ3) is 4.73. The van der Waals surface area contributed by atoms with Gasteiger partial charge in [0.15, 0.2) is 0 Å². The van der Waals surface area contributed by atoms with Crippen LogP contribution in [0.2, 0.25) is 0 Å². The van der Waals surface area contributed by atoms with E-state index in [1.54, 1.807) is 13.2 Å². The molecular formula is C11H16N2O4S2. The molecule has 0 saturated heterocycles. The molecule has 3 N–H and O–H groups in total. The van der Waals surface area contributed by atoms with E-state index in [4.69, 9.17) is 5.14 Å². The van der Waals surface area contributed by atoms with Crippen molar-refractivity contribution >= 4 is 26.7 Å². The quantitative estimate of drug-likeness (QED) is 0.782. The van der Waals surface area contributed by atoms with Crippen molar-refractivity contribution in [2.24, 2.45) is 5.14 Å². The van der Waals surface area contributed by atoms with Crippen molar-refractivity contribution in [2.75, 3.05) is 18.6 Å². The van der Waals surface area contributed by atoms with Crippen molar-refractivity contribution in [3.05, 3.63) is 29.3 Å². The number of benzene rings is 1. The monoisotopic (exact) mass is 304 g/mol. The average molecular weight is 304 g/mol. The summed E-state index contributed by atoms with van der Waals surface area (Å²) in [5.41, 5.74) is 0.885. The van der Waals surface area contributed by atoms with Crippen molar-refractivity contribution < 1.29 is 17.4 Å². The van der Waals surface area contributed by atoms with Gasteiger partial charge in [0.2, 0.25) is 10.0 Å². The number of rotatable bonds is 5. The topological polar surface area (TPSA) is 106 Å². The van der Waals surface area contributed by atoms with Gasteiger partial charge in [0.25, 0.3) is 5.91 Å². The van der Waals surface area contributed by atoms with Crippen LogP contribution in [-0.4, -0.2) is 37.1 Å². The summed E-state index contributed by atoms with van der Waals surface area (Å²) in [5.74, 6) is 0.0453. The minimum atomic E-state index is -3.77. The number of nitrogens with one attached hydrogen (secondary N) is 1. The second-order valence-electron chi connectivity index (χ2n) is 4.05. The Morgan fingerprint density at radius 1 is 1.42 bits per heavy atom. The molecule has 0 aromatic heterocycles. The van der Waals surface area contributed by atoms with E-state index in [-0.39, 0.29) is 10.8 Å². The number of amides is 1. The van der Waals surface area contributed by atoms with Crippen LogP contribution < -0.4 is 10.5 Å². The van der Waals surface area contributed by atoms with Gasteiger partial charge >= 0.3 is 0 Å². The van der Waals surface area contributed by atoms with Crippen molar-refractivity contribution in [3.8, 4) is 0 Å². The highest BCUT2D eigenvalue weighted by Crippen LogP contribution is 2.14. The number of sulfonamides is 1. The summed E-state index contributed by atoms with van der Waals surface area (Å²) >= 11 is 0. The summed E-state index contributed by atoms with van der Waals surface area (Å²) in [5, 5.41) is 7.62. The molecule has 1 aromatic rings. The van der Waals surface area contributed by atoms with Gasteiger partial charge in [-0.15, -0.1) is 0 Å². The molecule has 0 heterocycles. The van der Waals surface area contributed by atoms with Gasteiger partial charge in [-0.25, -0.2) is 13.6 Å². The third-order valence-electron chi connectivity index (χ3n) is 2.45. The number of nitrogens with two attached hydrogens (primary N) is 1. The molecule has 0 aliphatic rings. The van der Waals surface area contributed by atoms with Crippen LogP contribution in [0, 0.1) is 6.92 Å². The second kappa shape index (κ2) is 6.27. The molecule has 6 nitrogen and oxygen atoms in total. The van der Waals surface area contributed by atoms with Gasteiger partial charge in [-0.3, -0.25) is 9.00 Å². The Balaban J connectivity index is 2.85. The molecule has 0 saturated carbocycles. The Labute approximate surface area is 114 Å². The smallest absolute Gasteiger partial charge is 0.251 e. The summed E-state index contributed by atoms with van der Waals surface area (Å²) in [4.78, 5) is 11.8. The van der Waals surface area contributed by atoms with Crippen molar-refractivity contribution in [1.82, 2.24) is 5.32 Å². The zero-order chi connectivity index (χ0) is 14.6. The number of hydrogen-bond acceptors (Lipinski definition) is 4. The highest BCUT2D eigenvalue weighted by Gasteiger charge is 2.13. The molecular weight excluding hydrogens is 288 g/mol. The molecule has 1 atom stereocenters. The second-order valence-corrected chi connectivity index (χ2v) is 7.17. The van der Waals surface area contributed by atoms with Crippen LogP contribution in [0.4, 0.5) is 0 Å². The number of primary sulfonamides is 1. The highest BCUT2D eigenvalue weighted by atomic mass is 32.2. The van der Waals surface area contributed by atoms with E-state index in [0.717, 1.165) is 0 Å². The van der Waals surface area contributed by atoms with Crippen LogP contribution in [0.25, 0.3) is 0 Å². The maximum absolute atomic E-state index is 11.8. The predicted octanol–water partition coefficient (Wildman–Crippen LogP) is -0.249. The summed E-state index contributed by atoms with van der Waals surface area (Å²) in [6.45, 7) is 1.93. The Hall–Kier alpha value is -1.25. The zero-order valence-electron chi connectivity index (χ0n) is 10.7. The average Bonchev–Trinajstić information content (AvgIpc) is 2.26. The summed E-state index contributed by atoms with van der Waals surface area (Å²) in [7, 11) is -4.74. The fraction of sp³-hybridized carbons (Fsp3) is 0.364. The molecule has 1 aromatic carbocycles. The first kappa shape index (κ1) is 15.8. The molecule has 0 spiro atoms. The fourth-order valence-corrected chi connectivity index (χ4v) is 2.46. The maximum Gasteiger partial charge on any atom is 0.251 e. The maximum atomic E-state index is 11.8. The number of carbonyl (C=O) groups is 1. The molecule has 19 heavy (non-hydrogen) atoms. The molecule has 106 valence electrons. The number of carbonyl (C=O) groups excluding carboxylic acids is 1. The minimum absolute atomic E-state index is 0.0313. The first-order chi connectivity index (χ1) is 8.71. The lowest BCUT2D eigenvalue weighted by Gasteiger charge is -2.08. The minimum Gasteiger partial charge on any atom is -0.351 e. The Bertz CT molecular complexity index is 611. The summed E-state index contributed by atoms with van der Waals surface area (Å²) in [6, 6.07) is 4.05. The van der Waals surface area contributed by atoms with E-state index in [9.17, 15) is 17.4 Å². The normalized spacial score (nSPS) is 13.0. The van der Waals surface area contributed by atoms with Gasteiger partial charge in [-0.1, -0.05) is 0 Å². The van der Waals surface area contributed by atoms with Crippen LogP contribution in [0.1, 0.15) is 15.9 Å². The van der Waals surface area contributed by atoms with E-state index < -0.39 is 20.8 Å². The van der Waals surface area contributed by atoms with E-state index in [0.29, 0.717) is 23.4 Å². The third-order valence-corrected chi connectivity index (χ3v) is 4.14. The first-order valence-corrected chi connectivity index (χ1v) is 8.71. The lowest BCUT2D eigenvalue weighted by Crippen LogP contribution is -2.28. The van der Waals surface area contributed by atoms with E-state index in [2.05, 4.69) is 5.32 Å². The number of hydrogen-bond donors (Lipinski definition) is 2. The van der Waals surface area contributed by atoms with Crippen LogP contribution in [-0.2, 0) is 20.8 Å². The molecule has 1 rings (SSSR count). The molecule has 1 amide bonds. The highest BCUT2D eigenvalue weighted by molar-refractivity contribution is 7.89. The standard InChI is InChI=1S/C11H16N2O4S2/c1-8-7-9(19(12,16)17)3-4-10(8)11(14)13-5-6-18(2)15/h3-4,7H,5-6H2,1-2H3,(H,13,14)(H2,12,16,17). The molecule has 1 unspecified atom stereocenters. The summed E-state index contributed by atoms with van der Waals surface area (Å²) < 4.78 is 33.2. The van der Waals surface area contributed by atoms with Gasteiger partial charge in [0.05, 0.1) is 4.90 Å². The van der Waals surface area contributed by atoms with Crippen LogP contribution in [0.15, 0.2) is 23.1 Å². The van der Waals surface area contributed by atoms with Gasteiger partial charge in [0.1, 0.15) is 0 Å². The van der Waals surface area contributed by atoms with E-state index in [1.807, 2.05) is 0 Å². The molecule has 8 heteroatoms. The Morgan fingerprint density at radius 2 is 2.05 bits per heavy atom. The van der Waals surface area contributed by atoms with Gasteiger partial charge in [-0.05, 0) is 30.7 Å². The molecule has 0 radical (unpaired) electrons. The lowest BCUT2D eigenvalue weighted by molar-refractivity contribution is 0.0955. The van der Waals surface area contributed by atoms with E-state index in [1.165, 1.54) is 18.2 Å². The largest absolute Gasteiger partial charge is 0.351 e. The Kier molecular flexibility index (Phi) is 5.21. The number of aryl methyl sites for hydroxylation is 1. The van der Waals surface area contributed by atoms with Gasteiger partial charge < -0.3 is 5.32 Å². The SMILES string of the molecule is Cc1cc(S(N)(=O)=O)ccc1C(=O)NCCS(C)=O. The van der Waals surface area contributed by atoms with Crippen molar-refractivity contribution in [1.29, 1.82) is 0 Å². The zero-order valence-corrected chi connectivity index (χ0v) is 12.3. The molecule has 0 aliphatic heterocycles. The van der Waals surface area contributed by atoms with Gasteiger partial charge in [0, 0.05) is 34.9 Å². The van der Waals surface area contributed by atoms with Crippen LogP contribution in [0.3, 0.4) is 0 Å². The van der Waals surface area contributed by atoms with Crippen molar-refractivity contribution in [2.45, 2.75) is 11.8 Å². The molecule has 0 aliphatic carbocycles. The molecule has 0 bridgehead atoms. The first-order valence-electron chi connectivity index (χ1n) is 5.43.